The van der Waals surface area contributed by atoms with E-state index in [4.69, 9.17) is 16.0 Å². The summed E-state index contributed by atoms with van der Waals surface area (Å²) in [5.74, 6) is -0.568. The van der Waals surface area contributed by atoms with Crippen molar-refractivity contribution in [2.75, 3.05) is 26.2 Å². The lowest BCUT2D eigenvalue weighted by Crippen LogP contribution is -2.50. The van der Waals surface area contributed by atoms with Crippen molar-refractivity contribution < 1.29 is 18.8 Å². The van der Waals surface area contributed by atoms with Crippen LogP contribution in [-0.2, 0) is 0 Å². The number of piperazine rings is 1. The molecule has 1 fully saturated rings. The number of ketones is 1. The van der Waals surface area contributed by atoms with Crippen molar-refractivity contribution in [3.63, 3.8) is 0 Å². The van der Waals surface area contributed by atoms with Gasteiger partial charge in [-0.05, 0) is 36.4 Å². The van der Waals surface area contributed by atoms with Gasteiger partial charge in [0, 0.05) is 42.3 Å². The minimum absolute atomic E-state index is 0.117. The molecular weight excluding hydrogens is 404 g/mol. The third-order valence-electron chi connectivity index (χ3n) is 5.13. The summed E-state index contributed by atoms with van der Waals surface area (Å²) in [6.45, 7) is 1.63. The van der Waals surface area contributed by atoms with Crippen LogP contribution in [0.3, 0.4) is 0 Å². The molecule has 0 saturated carbocycles. The maximum Gasteiger partial charge on any atom is 0.257 e. The second-order valence-corrected chi connectivity index (χ2v) is 7.41. The first kappa shape index (κ1) is 19.9. The first-order chi connectivity index (χ1) is 14.5. The summed E-state index contributed by atoms with van der Waals surface area (Å²) in [5.41, 5.74) is 1.66. The van der Waals surface area contributed by atoms with Gasteiger partial charge < -0.3 is 14.2 Å². The van der Waals surface area contributed by atoms with E-state index in [1.807, 2.05) is 0 Å². The molecule has 3 aromatic rings. The molecule has 6 nitrogen and oxygen atoms in total. The van der Waals surface area contributed by atoms with Gasteiger partial charge in [0.25, 0.3) is 11.8 Å². The van der Waals surface area contributed by atoms with Crippen molar-refractivity contribution >= 4 is 29.2 Å². The van der Waals surface area contributed by atoms with Gasteiger partial charge in [-0.1, -0.05) is 29.8 Å². The molecule has 0 N–H and O–H groups in total. The Labute approximate surface area is 178 Å². The van der Waals surface area contributed by atoms with Gasteiger partial charge in [0.15, 0.2) is 5.78 Å². The normalized spacial score (nSPS) is 13.9. The van der Waals surface area contributed by atoms with E-state index in [-0.39, 0.29) is 17.6 Å². The highest BCUT2D eigenvalue weighted by Gasteiger charge is 2.28. The second-order valence-electron chi connectivity index (χ2n) is 6.98. The zero-order valence-electron chi connectivity index (χ0n) is 16.1. The Kier molecular flexibility index (Phi) is 5.68. The number of rotatable bonds is 4. The molecule has 2 aromatic carbocycles. The lowest BCUT2D eigenvalue weighted by atomic mass is 9.97. The number of furan rings is 1. The minimum Gasteiger partial charge on any atom is -0.472 e. The van der Waals surface area contributed by atoms with Gasteiger partial charge in [0.05, 0.1) is 17.4 Å². The minimum atomic E-state index is -0.232. The maximum atomic E-state index is 13.1. The molecule has 2 heterocycles. The van der Waals surface area contributed by atoms with Crippen molar-refractivity contribution in [3.8, 4) is 0 Å². The smallest absolute Gasteiger partial charge is 0.257 e. The van der Waals surface area contributed by atoms with Crippen molar-refractivity contribution in [2.24, 2.45) is 0 Å². The molecule has 0 unspecified atom stereocenters. The van der Waals surface area contributed by atoms with Crippen LogP contribution in [0.1, 0.15) is 36.6 Å². The first-order valence-corrected chi connectivity index (χ1v) is 9.92. The molecule has 152 valence electrons. The van der Waals surface area contributed by atoms with E-state index >= 15 is 0 Å². The average Bonchev–Trinajstić information content (AvgIpc) is 3.33. The van der Waals surface area contributed by atoms with Crippen LogP contribution < -0.4 is 0 Å². The molecule has 0 aliphatic carbocycles. The zero-order chi connectivity index (χ0) is 21.1. The lowest BCUT2D eigenvalue weighted by molar-refractivity contribution is 0.0534. The monoisotopic (exact) mass is 422 g/mol. The Bertz CT molecular complexity index is 1070. The van der Waals surface area contributed by atoms with E-state index in [9.17, 15) is 14.4 Å². The Balaban J connectivity index is 1.49. The second kappa shape index (κ2) is 8.55. The van der Waals surface area contributed by atoms with E-state index in [1.54, 1.807) is 64.4 Å². The van der Waals surface area contributed by atoms with Gasteiger partial charge in [-0.2, -0.15) is 0 Å². The van der Waals surface area contributed by atoms with Gasteiger partial charge in [-0.3, -0.25) is 14.4 Å². The summed E-state index contributed by atoms with van der Waals surface area (Å²) in [5, 5.41) is 0.541. The SMILES string of the molecule is O=C(c1ccc(Cl)cc1)c1ccccc1C(=O)N1CCN(C(=O)c2ccoc2)CC1. The fraction of sp³-hybridized carbons (Fsp3) is 0.174. The van der Waals surface area contributed by atoms with Crippen molar-refractivity contribution in [1.82, 2.24) is 9.80 Å². The molecule has 0 bridgehead atoms. The van der Waals surface area contributed by atoms with Gasteiger partial charge in [-0.15, -0.1) is 0 Å². The van der Waals surface area contributed by atoms with Crippen LogP contribution in [0.4, 0.5) is 0 Å². The number of amides is 2. The number of benzene rings is 2. The predicted octanol–water partition coefficient (Wildman–Crippen LogP) is 3.76. The molecule has 1 saturated heterocycles. The summed E-state index contributed by atoms with van der Waals surface area (Å²) >= 11 is 5.91. The Morgan fingerprint density at radius 3 is 1.93 bits per heavy atom. The molecule has 0 radical (unpaired) electrons. The van der Waals surface area contributed by atoms with E-state index in [0.717, 1.165) is 0 Å². The van der Waals surface area contributed by atoms with Crippen LogP contribution in [0.2, 0.25) is 5.02 Å². The first-order valence-electron chi connectivity index (χ1n) is 9.54. The van der Waals surface area contributed by atoms with Gasteiger partial charge in [0.1, 0.15) is 6.26 Å². The Hall–Kier alpha value is -3.38. The molecule has 4 rings (SSSR count). The number of hydrogen-bond acceptors (Lipinski definition) is 4. The topological polar surface area (TPSA) is 70.8 Å². The van der Waals surface area contributed by atoms with Crippen LogP contribution >= 0.6 is 11.6 Å². The summed E-state index contributed by atoms with van der Waals surface area (Å²) in [7, 11) is 0. The van der Waals surface area contributed by atoms with Gasteiger partial charge in [-0.25, -0.2) is 0 Å². The maximum absolute atomic E-state index is 13.1. The zero-order valence-corrected chi connectivity index (χ0v) is 16.8. The lowest BCUT2D eigenvalue weighted by Gasteiger charge is -2.34. The summed E-state index contributed by atoms with van der Waals surface area (Å²) < 4.78 is 4.97. The van der Waals surface area contributed by atoms with E-state index < -0.39 is 0 Å². The van der Waals surface area contributed by atoms with Crippen LogP contribution in [0.25, 0.3) is 0 Å². The quantitative estimate of drug-likeness (QED) is 0.600. The van der Waals surface area contributed by atoms with Crippen molar-refractivity contribution in [1.29, 1.82) is 0 Å². The molecular formula is C23H19ClN2O4. The molecule has 7 heteroatoms. The standard InChI is InChI=1S/C23H19ClN2O4/c24-18-7-5-16(6-8-18)21(27)19-3-1-2-4-20(19)23(29)26-12-10-25(11-13-26)22(28)17-9-14-30-15-17/h1-9,14-15H,10-13H2. The number of halogens is 1. The highest BCUT2D eigenvalue weighted by molar-refractivity contribution is 6.30. The molecule has 1 aliphatic rings. The number of carbonyl (C=O) groups excluding carboxylic acids is 3. The molecule has 1 aromatic heterocycles. The van der Waals surface area contributed by atoms with Crippen LogP contribution in [0.15, 0.2) is 71.5 Å². The predicted molar refractivity (Wildman–Crippen MR) is 112 cm³/mol. The summed E-state index contributed by atoms with van der Waals surface area (Å²) in [6.07, 6.45) is 2.88. The average molecular weight is 423 g/mol. The molecule has 0 atom stereocenters. The third kappa shape index (κ3) is 4.00. The third-order valence-corrected chi connectivity index (χ3v) is 5.38. The molecule has 2 amide bonds. The molecule has 1 aliphatic heterocycles. The summed E-state index contributed by atoms with van der Waals surface area (Å²) in [4.78, 5) is 41.9. The van der Waals surface area contributed by atoms with Gasteiger partial charge in [0.2, 0.25) is 0 Å². The number of carbonyl (C=O) groups is 3. The largest absolute Gasteiger partial charge is 0.472 e. The molecule has 30 heavy (non-hydrogen) atoms. The fourth-order valence-electron chi connectivity index (χ4n) is 3.48. The van der Waals surface area contributed by atoms with E-state index in [1.165, 1.54) is 12.5 Å². The van der Waals surface area contributed by atoms with Crippen LogP contribution in [-0.4, -0.2) is 53.6 Å². The Morgan fingerprint density at radius 2 is 1.33 bits per heavy atom. The fourth-order valence-corrected chi connectivity index (χ4v) is 3.60. The van der Waals surface area contributed by atoms with E-state index in [2.05, 4.69) is 0 Å². The molecule has 0 spiro atoms. The highest BCUT2D eigenvalue weighted by Crippen LogP contribution is 2.19. The number of nitrogens with zero attached hydrogens (tertiary/aromatic N) is 2. The van der Waals surface area contributed by atoms with Crippen molar-refractivity contribution in [3.05, 3.63) is 94.4 Å². The number of hydrogen-bond donors (Lipinski definition) is 0. The van der Waals surface area contributed by atoms with Crippen LogP contribution in [0.5, 0.6) is 0 Å². The van der Waals surface area contributed by atoms with E-state index in [0.29, 0.717) is 53.5 Å². The van der Waals surface area contributed by atoms with Crippen molar-refractivity contribution in [2.45, 2.75) is 0 Å². The van der Waals surface area contributed by atoms with Crippen LogP contribution in [0, 0.1) is 0 Å². The highest BCUT2D eigenvalue weighted by atomic mass is 35.5. The van der Waals surface area contributed by atoms with Gasteiger partial charge >= 0.3 is 0 Å². The Morgan fingerprint density at radius 1 is 0.733 bits per heavy atom. The summed E-state index contributed by atoms with van der Waals surface area (Å²) in [6, 6.07) is 15.0.